The number of ether oxygens (including phenoxy) is 1. The third-order valence-electron chi connectivity index (χ3n) is 4.70. The van der Waals surface area contributed by atoms with E-state index in [2.05, 4.69) is 22.9 Å². The van der Waals surface area contributed by atoms with Gasteiger partial charge in [-0.25, -0.2) is 0 Å². The van der Waals surface area contributed by atoms with E-state index < -0.39 is 0 Å². The molecule has 3 rings (SSSR count). The van der Waals surface area contributed by atoms with E-state index in [0.717, 1.165) is 31.4 Å². The predicted octanol–water partition coefficient (Wildman–Crippen LogP) is 4.24. The van der Waals surface area contributed by atoms with E-state index in [1.165, 1.54) is 25.7 Å². The lowest BCUT2D eigenvalue weighted by atomic mass is 9.89. The van der Waals surface area contributed by atoms with Gasteiger partial charge in [-0.05, 0) is 32.1 Å². The Morgan fingerprint density at radius 3 is 3.05 bits per heavy atom. The molecule has 1 spiro atoms. The quantitative estimate of drug-likeness (QED) is 0.776. The maximum atomic E-state index is 6.29. The highest BCUT2D eigenvalue weighted by Gasteiger charge is 2.40. The summed E-state index contributed by atoms with van der Waals surface area (Å²) in [6.07, 6.45) is 12.3. The Labute approximate surface area is 120 Å². The molecule has 1 aliphatic heterocycles. The number of hydrogen-bond donors (Lipinski definition) is 0. The van der Waals surface area contributed by atoms with E-state index in [9.17, 15) is 0 Å². The summed E-state index contributed by atoms with van der Waals surface area (Å²) in [6, 6.07) is 0.487. The lowest BCUT2D eigenvalue weighted by molar-refractivity contribution is -0.0910. The van der Waals surface area contributed by atoms with Crippen molar-refractivity contribution in [3.05, 3.63) is 18.0 Å². The van der Waals surface area contributed by atoms with Crippen LogP contribution in [-0.4, -0.2) is 22.0 Å². The molecule has 1 aromatic heterocycles. The molecule has 3 nitrogen and oxygen atoms in total. The minimum Gasteiger partial charge on any atom is -0.375 e. The lowest BCUT2D eigenvalue weighted by Crippen LogP contribution is -2.38. The first-order valence-corrected chi connectivity index (χ1v) is 7.98. The van der Waals surface area contributed by atoms with Crippen LogP contribution < -0.4 is 0 Å². The van der Waals surface area contributed by atoms with E-state index >= 15 is 0 Å². The van der Waals surface area contributed by atoms with Gasteiger partial charge >= 0.3 is 0 Å². The maximum absolute atomic E-state index is 6.29. The molecule has 2 fully saturated rings. The molecule has 1 aliphatic carbocycles. The number of hydrogen-bond acceptors (Lipinski definition) is 2. The Balaban J connectivity index is 1.73. The number of rotatable bonds is 3. The van der Waals surface area contributed by atoms with Gasteiger partial charge in [-0.1, -0.05) is 19.8 Å². The van der Waals surface area contributed by atoms with Crippen molar-refractivity contribution in [2.45, 2.75) is 68.9 Å². The fourth-order valence-electron chi connectivity index (χ4n) is 3.55. The molecule has 19 heavy (non-hydrogen) atoms. The highest BCUT2D eigenvalue weighted by atomic mass is 35.5. The molecular weight excluding hydrogens is 260 g/mol. The van der Waals surface area contributed by atoms with Crippen molar-refractivity contribution in [3.63, 3.8) is 0 Å². The second-order valence-electron chi connectivity index (χ2n) is 6.01. The van der Waals surface area contributed by atoms with Crippen LogP contribution in [-0.2, 0) is 4.74 Å². The van der Waals surface area contributed by atoms with Gasteiger partial charge in [0, 0.05) is 18.4 Å². The second-order valence-corrected chi connectivity index (χ2v) is 6.54. The lowest BCUT2D eigenvalue weighted by Gasteiger charge is -2.38. The van der Waals surface area contributed by atoms with Crippen LogP contribution in [0.3, 0.4) is 0 Å². The Morgan fingerprint density at radius 2 is 2.32 bits per heavy atom. The number of halogens is 1. The maximum Gasteiger partial charge on any atom is 0.0703 e. The second kappa shape index (κ2) is 5.45. The standard InChI is InChI=1S/C15H23ClN2O/c1-2-14(16)12-10-17-18(11-12)13-5-8-19-15(9-13)6-3-4-7-15/h10-11,13-14H,2-9H2,1H3. The molecule has 2 aliphatic rings. The van der Waals surface area contributed by atoms with Gasteiger partial charge in [0.05, 0.1) is 23.2 Å². The van der Waals surface area contributed by atoms with Gasteiger partial charge in [-0.15, -0.1) is 11.6 Å². The van der Waals surface area contributed by atoms with E-state index in [1.807, 2.05) is 6.20 Å². The monoisotopic (exact) mass is 282 g/mol. The fraction of sp³-hybridized carbons (Fsp3) is 0.800. The third-order valence-corrected chi connectivity index (χ3v) is 5.26. The van der Waals surface area contributed by atoms with Crippen LogP contribution in [0.1, 0.15) is 68.9 Å². The molecule has 2 atom stereocenters. The normalized spacial score (nSPS) is 27.8. The van der Waals surface area contributed by atoms with Crippen LogP contribution in [0.2, 0.25) is 0 Å². The highest BCUT2D eigenvalue weighted by Crippen LogP contribution is 2.43. The van der Waals surface area contributed by atoms with Crippen molar-refractivity contribution in [1.82, 2.24) is 9.78 Å². The van der Waals surface area contributed by atoms with Gasteiger partial charge in [0.25, 0.3) is 0 Å². The molecule has 2 heterocycles. The zero-order valence-electron chi connectivity index (χ0n) is 11.6. The zero-order chi connectivity index (χ0) is 13.3. The zero-order valence-corrected chi connectivity index (χ0v) is 12.4. The summed E-state index contributed by atoms with van der Waals surface area (Å²) in [6.45, 7) is 2.98. The molecule has 1 saturated heterocycles. The smallest absolute Gasteiger partial charge is 0.0703 e. The van der Waals surface area contributed by atoms with Gasteiger partial charge in [0.15, 0.2) is 0 Å². The van der Waals surface area contributed by atoms with Gasteiger partial charge in [0.2, 0.25) is 0 Å². The molecule has 0 N–H and O–H groups in total. The van der Waals surface area contributed by atoms with Crippen LogP contribution in [0.25, 0.3) is 0 Å². The number of alkyl halides is 1. The molecule has 0 aromatic carbocycles. The fourth-order valence-corrected chi connectivity index (χ4v) is 3.66. The number of nitrogens with zero attached hydrogens (tertiary/aromatic N) is 2. The van der Waals surface area contributed by atoms with E-state index in [-0.39, 0.29) is 11.0 Å². The van der Waals surface area contributed by atoms with E-state index in [0.29, 0.717) is 6.04 Å². The van der Waals surface area contributed by atoms with Crippen LogP contribution in [0.5, 0.6) is 0 Å². The van der Waals surface area contributed by atoms with Crippen molar-refractivity contribution in [2.75, 3.05) is 6.61 Å². The van der Waals surface area contributed by atoms with Crippen molar-refractivity contribution in [1.29, 1.82) is 0 Å². The van der Waals surface area contributed by atoms with E-state index in [1.54, 1.807) is 0 Å². The Hall–Kier alpha value is -0.540. The number of aromatic nitrogens is 2. The predicted molar refractivity (Wildman–Crippen MR) is 76.5 cm³/mol. The van der Waals surface area contributed by atoms with Crippen molar-refractivity contribution in [2.24, 2.45) is 0 Å². The van der Waals surface area contributed by atoms with Gasteiger partial charge in [-0.2, -0.15) is 5.10 Å². The SMILES string of the molecule is CCC(Cl)c1cnn(C2CCOC3(CCCC3)C2)c1. The first-order valence-electron chi connectivity index (χ1n) is 7.54. The van der Waals surface area contributed by atoms with Crippen molar-refractivity contribution < 1.29 is 4.74 Å². The molecule has 1 aromatic rings. The molecule has 0 amide bonds. The van der Waals surface area contributed by atoms with Crippen LogP contribution in [0, 0.1) is 0 Å². The van der Waals surface area contributed by atoms with Crippen LogP contribution in [0.15, 0.2) is 12.4 Å². The highest BCUT2D eigenvalue weighted by molar-refractivity contribution is 6.20. The third kappa shape index (κ3) is 2.68. The van der Waals surface area contributed by atoms with Gasteiger partial charge in [0.1, 0.15) is 0 Å². The molecule has 0 radical (unpaired) electrons. The minimum atomic E-state index is 0.0917. The average molecular weight is 283 g/mol. The van der Waals surface area contributed by atoms with Gasteiger partial charge in [-0.3, -0.25) is 4.68 Å². The topological polar surface area (TPSA) is 27.1 Å². The van der Waals surface area contributed by atoms with Crippen molar-refractivity contribution in [3.8, 4) is 0 Å². The minimum absolute atomic E-state index is 0.0917. The summed E-state index contributed by atoms with van der Waals surface area (Å²) in [5.41, 5.74) is 1.30. The summed E-state index contributed by atoms with van der Waals surface area (Å²) < 4.78 is 8.21. The van der Waals surface area contributed by atoms with E-state index in [4.69, 9.17) is 16.3 Å². The summed E-state index contributed by atoms with van der Waals surface area (Å²) in [5.74, 6) is 0. The summed E-state index contributed by atoms with van der Waals surface area (Å²) >= 11 is 6.29. The Morgan fingerprint density at radius 1 is 1.53 bits per heavy atom. The molecule has 4 heteroatoms. The van der Waals surface area contributed by atoms with Crippen molar-refractivity contribution >= 4 is 11.6 Å². The van der Waals surface area contributed by atoms with Gasteiger partial charge < -0.3 is 4.74 Å². The van der Waals surface area contributed by atoms with Crippen LogP contribution in [0.4, 0.5) is 0 Å². The largest absolute Gasteiger partial charge is 0.375 e. The molecule has 2 unspecified atom stereocenters. The Bertz CT molecular complexity index is 426. The Kier molecular flexibility index (Phi) is 3.86. The van der Waals surface area contributed by atoms with Crippen LogP contribution >= 0.6 is 11.6 Å². The molecule has 1 saturated carbocycles. The molecule has 0 bridgehead atoms. The first-order chi connectivity index (χ1) is 9.22. The average Bonchev–Trinajstić information content (AvgIpc) is 3.08. The first kappa shape index (κ1) is 13.4. The summed E-state index contributed by atoms with van der Waals surface area (Å²) in [5, 5.41) is 4.63. The summed E-state index contributed by atoms with van der Waals surface area (Å²) in [4.78, 5) is 0. The molecular formula is C15H23ClN2O. The summed E-state index contributed by atoms with van der Waals surface area (Å²) in [7, 11) is 0. The molecule has 106 valence electrons.